The number of aromatic carboxylic acids is 1. The molecule has 1 aliphatic heterocycles. The minimum absolute atomic E-state index is 0.0391. The van der Waals surface area contributed by atoms with Gasteiger partial charge >= 0.3 is 5.97 Å². The number of aryl methyl sites for hydroxylation is 2. The molecule has 1 aromatic heterocycles. The van der Waals surface area contributed by atoms with Crippen molar-refractivity contribution in [2.24, 2.45) is 7.05 Å². The van der Waals surface area contributed by atoms with E-state index in [4.69, 9.17) is 0 Å². The zero-order chi connectivity index (χ0) is 19.8. The molecule has 5 heteroatoms. The number of hydrogen-bond acceptors (Lipinski definition) is 2. The molecule has 1 atom stereocenters. The minimum Gasteiger partial charge on any atom is -0.478 e. The lowest BCUT2D eigenvalue weighted by Gasteiger charge is -2.33. The molecule has 0 spiro atoms. The molecular weight excluding hydrogens is 352 g/mol. The number of nitrogens with zero attached hydrogens (tertiary/aromatic N) is 2. The van der Waals surface area contributed by atoms with Crippen LogP contribution in [0.3, 0.4) is 0 Å². The van der Waals surface area contributed by atoms with Crippen LogP contribution in [0.15, 0.2) is 48.5 Å². The predicted octanol–water partition coefficient (Wildman–Crippen LogP) is 4.20. The molecule has 0 unspecified atom stereocenters. The second-order valence-corrected chi connectivity index (χ2v) is 7.62. The lowest BCUT2D eigenvalue weighted by molar-refractivity contribution is 0.0684. The molecule has 1 saturated heterocycles. The zero-order valence-corrected chi connectivity index (χ0v) is 16.2. The zero-order valence-electron chi connectivity index (χ0n) is 16.2. The molecule has 2 aromatic carbocycles. The maximum absolute atomic E-state index is 13.3. The van der Waals surface area contributed by atoms with Crippen LogP contribution in [0.2, 0.25) is 0 Å². The van der Waals surface area contributed by atoms with Crippen molar-refractivity contribution in [3.8, 4) is 0 Å². The number of aromatic nitrogens is 1. The van der Waals surface area contributed by atoms with Crippen LogP contribution in [-0.2, 0) is 7.05 Å². The van der Waals surface area contributed by atoms with Crippen molar-refractivity contribution in [1.29, 1.82) is 0 Å². The molecule has 0 bridgehead atoms. The van der Waals surface area contributed by atoms with E-state index in [9.17, 15) is 14.7 Å². The van der Waals surface area contributed by atoms with Gasteiger partial charge in [-0.3, -0.25) is 4.79 Å². The van der Waals surface area contributed by atoms with Gasteiger partial charge in [-0.1, -0.05) is 30.3 Å². The van der Waals surface area contributed by atoms with Crippen LogP contribution >= 0.6 is 0 Å². The fourth-order valence-electron chi connectivity index (χ4n) is 4.35. The van der Waals surface area contributed by atoms with Crippen LogP contribution in [0.25, 0.3) is 10.9 Å². The highest BCUT2D eigenvalue weighted by Crippen LogP contribution is 2.29. The number of carboxylic acid groups (broad SMARTS) is 1. The molecule has 1 fully saturated rings. The SMILES string of the molecule is Cc1cccc2cc(C(=O)N3CCC[C@@H](c4cccc(C(=O)O)c4)C3)n(C)c12. The van der Waals surface area contributed by atoms with Gasteiger partial charge in [0.1, 0.15) is 5.69 Å². The van der Waals surface area contributed by atoms with Gasteiger partial charge < -0.3 is 14.6 Å². The largest absolute Gasteiger partial charge is 0.478 e. The Hall–Kier alpha value is -3.08. The second kappa shape index (κ2) is 7.15. The van der Waals surface area contributed by atoms with Gasteiger partial charge in [0.15, 0.2) is 0 Å². The molecular formula is C23H24N2O3. The normalized spacial score (nSPS) is 17.1. The molecule has 4 rings (SSSR count). The number of amides is 1. The molecule has 0 saturated carbocycles. The van der Waals surface area contributed by atoms with Crippen molar-refractivity contribution in [1.82, 2.24) is 9.47 Å². The number of benzene rings is 2. The van der Waals surface area contributed by atoms with Crippen molar-refractivity contribution in [2.75, 3.05) is 13.1 Å². The number of carbonyl (C=O) groups excluding carboxylic acids is 1. The summed E-state index contributed by atoms with van der Waals surface area (Å²) in [5, 5.41) is 10.3. The van der Waals surface area contributed by atoms with Gasteiger partial charge in [0, 0.05) is 31.4 Å². The Labute approximate surface area is 164 Å². The molecule has 28 heavy (non-hydrogen) atoms. The average molecular weight is 376 g/mol. The summed E-state index contributed by atoms with van der Waals surface area (Å²) in [4.78, 5) is 26.4. The average Bonchev–Trinajstić information content (AvgIpc) is 3.05. The van der Waals surface area contributed by atoms with Crippen LogP contribution in [0, 0.1) is 6.92 Å². The maximum Gasteiger partial charge on any atom is 0.335 e. The molecule has 1 aliphatic rings. The Morgan fingerprint density at radius 2 is 1.89 bits per heavy atom. The predicted molar refractivity (Wildman–Crippen MR) is 109 cm³/mol. The van der Waals surface area contributed by atoms with E-state index < -0.39 is 5.97 Å². The van der Waals surface area contributed by atoms with Crippen molar-refractivity contribution in [3.05, 3.63) is 70.9 Å². The van der Waals surface area contributed by atoms with E-state index in [1.807, 2.05) is 40.8 Å². The van der Waals surface area contributed by atoms with Gasteiger partial charge in [-0.15, -0.1) is 0 Å². The van der Waals surface area contributed by atoms with Gasteiger partial charge in [0.25, 0.3) is 5.91 Å². The topological polar surface area (TPSA) is 62.5 Å². The third-order valence-corrected chi connectivity index (χ3v) is 5.79. The minimum atomic E-state index is -0.920. The maximum atomic E-state index is 13.3. The van der Waals surface area contributed by atoms with E-state index in [-0.39, 0.29) is 11.8 Å². The molecule has 1 amide bonds. The first-order chi connectivity index (χ1) is 13.5. The van der Waals surface area contributed by atoms with E-state index in [0.29, 0.717) is 17.8 Å². The summed E-state index contributed by atoms with van der Waals surface area (Å²) >= 11 is 0. The highest BCUT2D eigenvalue weighted by atomic mass is 16.4. The monoisotopic (exact) mass is 376 g/mol. The summed E-state index contributed by atoms with van der Waals surface area (Å²) in [6.45, 7) is 3.40. The quantitative estimate of drug-likeness (QED) is 0.745. The third-order valence-electron chi connectivity index (χ3n) is 5.79. The number of hydrogen-bond donors (Lipinski definition) is 1. The number of para-hydroxylation sites is 1. The Balaban J connectivity index is 1.61. The van der Waals surface area contributed by atoms with Crippen molar-refractivity contribution < 1.29 is 14.7 Å². The van der Waals surface area contributed by atoms with Crippen molar-refractivity contribution in [3.63, 3.8) is 0 Å². The Morgan fingerprint density at radius 3 is 2.64 bits per heavy atom. The summed E-state index contributed by atoms with van der Waals surface area (Å²) in [7, 11) is 1.94. The number of fused-ring (bicyclic) bond motifs is 1. The fourth-order valence-corrected chi connectivity index (χ4v) is 4.35. The van der Waals surface area contributed by atoms with Gasteiger partial charge in [-0.25, -0.2) is 4.79 Å². The summed E-state index contributed by atoms with van der Waals surface area (Å²) < 4.78 is 1.99. The van der Waals surface area contributed by atoms with E-state index in [0.717, 1.165) is 41.4 Å². The Kier molecular flexibility index (Phi) is 4.67. The summed E-state index contributed by atoms with van der Waals surface area (Å²) in [6.07, 6.45) is 1.87. The highest BCUT2D eigenvalue weighted by Gasteiger charge is 2.27. The van der Waals surface area contributed by atoms with Gasteiger partial charge in [0.05, 0.1) is 11.1 Å². The number of likely N-dealkylation sites (tertiary alicyclic amines) is 1. The molecule has 2 heterocycles. The van der Waals surface area contributed by atoms with Gasteiger partial charge in [-0.2, -0.15) is 0 Å². The number of piperidine rings is 1. The summed E-state index contributed by atoms with van der Waals surface area (Å²) in [6, 6.07) is 15.2. The molecule has 0 radical (unpaired) electrons. The molecule has 3 aromatic rings. The van der Waals surface area contributed by atoms with Crippen LogP contribution in [0.1, 0.15) is 50.7 Å². The smallest absolute Gasteiger partial charge is 0.335 e. The number of carboxylic acids is 1. The van der Waals surface area contributed by atoms with Crippen LogP contribution in [0.4, 0.5) is 0 Å². The van der Waals surface area contributed by atoms with Crippen molar-refractivity contribution in [2.45, 2.75) is 25.7 Å². The molecule has 1 N–H and O–H groups in total. The number of rotatable bonds is 3. The molecule has 0 aliphatic carbocycles. The van der Waals surface area contributed by atoms with E-state index in [1.165, 1.54) is 0 Å². The van der Waals surface area contributed by atoms with E-state index in [2.05, 4.69) is 13.0 Å². The van der Waals surface area contributed by atoms with Crippen LogP contribution < -0.4 is 0 Å². The standard InChI is InChI=1S/C23H24N2O3/c1-15-6-3-8-17-13-20(24(2)21(15)17)22(26)25-11-5-10-19(14-25)16-7-4-9-18(12-16)23(27)28/h3-4,6-9,12-13,19H,5,10-11,14H2,1-2H3,(H,27,28)/t19-/m1/s1. The first-order valence-corrected chi connectivity index (χ1v) is 9.63. The van der Waals surface area contributed by atoms with Crippen molar-refractivity contribution >= 4 is 22.8 Å². The first-order valence-electron chi connectivity index (χ1n) is 9.63. The van der Waals surface area contributed by atoms with E-state index in [1.54, 1.807) is 18.2 Å². The lowest BCUT2D eigenvalue weighted by atomic mass is 9.89. The summed E-state index contributed by atoms with van der Waals surface area (Å²) in [5.74, 6) is -0.720. The second-order valence-electron chi connectivity index (χ2n) is 7.62. The molecule has 5 nitrogen and oxygen atoms in total. The Bertz CT molecular complexity index is 1070. The van der Waals surface area contributed by atoms with Crippen LogP contribution in [0.5, 0.6) is 0 Å². The van der Waals surface area contributed by atoms with E-state index >= 15 is 0 Å². The Morgan fingerprint density at radius 1 is 1.11 bits per heavy atom. The molecule has 144 valence electrons. The highest BCUT2D eigenvalue weighted by molar-refractivity contribution is 5.99. The first kappa shape index (κ1) is 18.3. The fraction of sp³-hybridized carbons (Fsp3) is 0.304. The third kappa shape index (κ3) is 3.17. The van der Waals surface area contributed by atoms with Gasteiger partial charge in [-0.05, 0) is 49.1 Å². The van der Waals surface area contributed by atoms with Crippen LogP contribution in [-0.4, -0.2) is 39.5 Å². The lowest BCUT2D eigenvalue weighted by Crippen LogP contribution is -2.39. The van der Waals surface area contributed by atoms with Gasteiger partial charge in [0.2, 0.25) is 0 Å². The number of carbonyl (C=O) groups is 2. The summed E-state index contributed by atoms with van der Waals surface area (Å²) in [5.41, 5.74) is 4.23.